The number of benzene rings is 3. The van der Waals surface area contributed by atoms with E-state index < -0.39 is 60.1 Å². The van der Waals surface area contributed by atoms with Crippen molar-refractivity contribution in [3.63, 3.8) is 0 Å². The van der Waals surface area contributed by atoms with Crippen LogP contribution in [-0.4, -0.2) is 53.6 Å². The molecule has 0 aromatic heterocycles. The van der Waals surface area contributed by atoms with Gasteiger partial charge in [0.1, 0.15) is 11.5 Å². The monoisotopic (exact) mass is 657 g/mol. The van der Waals surface area contributed by atoms with E-state index in [-0.39, 0.29) is 36.2 Å². The quantitative estimate of drug-likeness (QED) is 0.188. The van der Waals surface area contributed by atoms with E-state index in [1.165, 1.54) is 18.2 Å². The molecule has 44 heavy (non-hydrogen) atoms. The number of hydrogen-bond acceptors (Lipinski definition) is 11. The van der Waals surface area contributed by atoms with Gasteiger partial charge in [0.05, 0.1) is 20.8 Å². The smallest absolute Gasteiger partial charge is 0.493 e. The van der Waals surface area contributed by atoms with Gasteiger partial charge < -0.3 is 27.9 Å². The normalized spacial score (nSPS) is 15.4. The Morgan fingerprint density at radius 3 is 2.32 bits per heavy atom. The molecule has 0 atom stereocenters. The van der Waals surface area contributed by atoms with Gasteiger partial charge in [0, 0.05) is 11.6 Å². The molecule has 0 aliphatic carbocycles. The lowest BCUT2D eigenvalue weighted by Crippen LogP contribution is -2.39. The number of carbonyl (C=O) groups excluding carboxylic acids is 1. The van der Waals surface area contributed by atoms with Crippen LogP contribution >= 0.6 is 0 Å². The molecule has 12 nitrogen and oxygen atoms in total. The van der Waals surface area contributed by atoms with E-state index in [9.17, 15) is 34.8 Å². The summed E-state index contributed by atoms with van der Waals surface area (Å²) in [5.74, 6) is -2.53. The molecule has 3 aromatic rings. The summed E-state index contributed by atoms with van der Waals surface area (Å²) in [5, 5.41) is 0. The summed E-state index contributed by atoms with van der Waals surface area (Å²) in [6, 6.07) is 14.8. The highest BCUT2D eigenvalue weighted by molar-refractivity contribution is 7.89. The molecule has 0 saturated carbocycles. The van der Waals surface area contributed by atoms with Crippen molar-refractivity contribution in [2.75, 3.05) is 21.0 Å². The Labute approximate surface area is 249 Å². The van der Waals surface area contributed by atoms with Crippen LogP contribution in [0.15, 0.2) is 71.3 Å². The second-order valence-corrected chi connectivity index (χ2v) is 12.5. The summed E-state index contributed by atoms with van der Waals surface area (Å²) in [4.78, 5) is 12.3. The van der Waals surface area contributed by atoms with Crippen LogP contribution in [0.25, 0.3) is 5.76 Å². The highest BCUT2D eigenvalue weighted by Crippen LogP contribution is 2.46. The SMILES string of the molecule is COC(=O)C1=C(OS(=O)(=O)C(F)(F)F)c2cc(OC)c(OCc3ccccc3)cc2S(=O)(=O)N1Cc1ccc2c(c1)OCO2. The fraction of sp³-hybridized carbons (Fsp3) is 0.222. The summed E-state index contributed by atoms with van der Waals surface area (Å²) in [6.45, 7) is -0.859. The van der Waals surface area contributed by atoms with Crippen LogP contribution in [0.5, 0.6) is 23.0 Å². The summed E-state index contributed by atoms with van der Waals surface area (Å²) >= 11 is 0. The van der Waals surface area contributed by atoms with Crippen molar-refractivity contribution in [3.8, 4) is 23.0 Å². The summed E-state index contributed by atoms with van der Waals surface area (Å²) in [5.41, 5.74) is -6.92. The van der Waals surface area contributed by atoms with Crippen molar-refractivity contribution in [2.24, 2.45) is 0 Å². The Morgan fingerprint density at radius 1 is 0.955 bits per heavy atom. The first kappa shape index (κ1) is 30.8. The molecular weight excluding hydrogens is 635 g/mol. The molecule has 2 heterocycles. The number of carbonyl (C=O) groups is 1. The second kappa shape index (κ2) is 11.5. The van der Waals surface area contributed by atoms with E-state index in [1.807, 2.05) is 0 Å². The average Bonchev–Trinajstić information content (AvgIpc) is 3.46. The Morgan fingerprint density at radius 2 is 1.66 bits per heavy atom. The van der Waals surface area contributed by atoms with Gasteiger partial charge in [-0.1, -0.05) is 36.4 Å². The minimum absolute atomic E-state index is 0.0635. The number of nitrogens with zero attached hydrogens (tertiary/aromatic N) is 1. The molecule has 0 N–H and O–H groups in total. The third-order valence-electron chi connectivity index (χ3n) is 6.40. The molecule has 5 rings (SSSR count). The number of rotatable bonds is 9. The van der Waals surface area contributed by atoms with Gasteiger partial charge in [-0.05, 0) is 29.3 Å². The predicted octanol–water partition coefficient (Wildman–Crippen LogP) is 3.92. The van der Waals surface area contributed by atoms with Crippen LogP contribution < -0.4 is 18.9 Å². The predicted molar refractivity (Wildman–Crippen MR) is 144 cm³/mol. The highest BCUT2D eigenvalue weighted by atomic mass is 32.2. The molecule has 234 valence electrons. The average molecular weight is 658 g/mol. The first-order valence-corrected chi connectivity index (χ1v) is 15.3. The van der Waals surface area contributed by atoms with Crippen LogP contribution in [-0.2, 0) is 47.0 Å². The van der Waals surface area contributed by atoms with Crippen LogP contribution in [0.3, 0.4) is 0 Å². The largest absolute Gasteiger partial charge is 0.534 e. The standard InChI is InChI=1S/C27H22F3NO11S2/c1-37-20-11-18-23(12-22(20)39-14-16-6-4-3-5-7-16)43(33,34)31(13-17-8-9-19-21(10-17)41-15-40-19)24(26(32)38-2)25(18)42-44(35,36)27(28,29)30/h3-12H,13-15H2,1-2H3. The van der Waals surface area contributed by atoms with E-state index in [2.05, 4.69) is 8.92 Å². The molecule has 0 bridgehead atoms. The molecule has 0 saturated heterocycles. The van der Waals surface area contributed by atoms with E-state index in [4.69, 9.17) is 18.9 Å². The van der Waals surface area contributed by atoms with Crippen molar-refractivity contribution in [1.82, 2.24) is 4.31 Å². The Hall–Kier alpha value is -4.64. The number of alkyl halides is 3. The molecule has 0 spiro atoms. The molecule has 2 aliphatic heterocycles. The van der Waals surface area contributed by atoms with E-state index in [1.54, 1.807) is 30.3 Å². The van der Waals surface area contributed by atoms with Crippen LogP contribution in [0.4, 0.5) is 13.2 Å². The van der Waals surface area contributed by atoms with Crippen molar-refractivity contribution >= 4 is 31.9 Å². The lowest BCUT2D eigenvalue weighted by Gasteiger charge is -2.32. The first-order valence-electron chi connectivity index (χ1n) is 12.4. The topological polar surface area (TPSA) is 144 Å². The first-order chi connectivity index (χ1) is 20.8. The zero-order valence-electron chi connectivity index (χ0n) is 22.8. The molecular formula is C27H22F3NO11S2. The maximum absolute atomic E-state index is 14.1. The number of methoxy groups -OCH3 is 2. The molecule has 0 unspecified atom stereocenters. The van der Waals surface area contributed by atoms with E-state index >= 15 is 0 Å². The van der Waals surface area contributed by atoms with Gasteiger partial charge in [-0.25, -0.2) is 13.2 Å². The maximum atomic E-state index is 14.1. The molecule has 2 aliphatic rings. The van der Waals surface area contributed by atoms with E-state index in [0.29, 0.717) is 15.6 Å². The molecule has 0 fully saturated rings. The van der Waals surface area contributed by atoms with Gasteiger partial charge in [0.15, 0.2) is 34.5 Å². The fourth-order valence-electron chi connectivity index (χ4n) is 4.32. The Kier molecular flexibility index (Phi) is 8.02. The lowest BCUT2D eigenvalue weighted by molar-refractivity contribution is -0.137. The van der Waals surface area contributed by atoms with Crippen LogP contribution in [0.1, 0.15) is 16.7 Å². The minimum Gasteiger partial charge on any atom is -0.493 e. The maximum Gasteiger partial charge on any atom is 0.534 e. The molecule has 0 radical (unpaired) electrons. The zero-order chi connectivity index (χ0) is 31.9. The van der Waals surface area contributed by atoms with Crippen molar-refractivity contribution < 1.29 is 62.7 Å². The molecule has 17 heteroatoms. The number of halogens is 3. The number of esters is 1. The lowest BCUT2D eigenvalue weighted by atomic mass is 10.1. The Bertz CT molecular complexity index is 1860. The summed E-state index contributed by atoms with van der Waals surface area (Å²) in [7, 11) is -9.28. The van der Waals surface area contributed by atoms with E-state index in [0.717, 1.165) is 26.4 Å². The summed E-state index contributed by atoms with van der Waals surface area (Å²) < 4.78 is 124. The highest BCUT2D eigenvalue weighted by Gasteiger charge is 2.52. The Balaban J connectivity index is 1.72. The van der Waals surface area contributed by atoms with Gasteiger partial charge >= 0.3 is 21.6 Å². The number of sulfonamides is 1. The van der Waals surface area contributed by atoms with Crippen LogP contribution in [0, 0.1) is 0 Å². The van der Waals surface area contributed by atoms with Crippen molar-refractivity contribution in [3.05, 3.63) is 83.1 Å². The molecule has 3 aromatic carbocycles. The summed E-state index contributed by atoms with van der Waals surface area (Å²) in [6.07, 6.45) is 0. The van der Waals surface area contributed by atoms with Crippen molar-refractivity contribution in [1.29, 1.82) is 0 Å². The van der Waals surface area contributed by atoms with Crippen LogP contribution in [0.2, 0.25) is 0 Å². The second-order valence-electron chi connectivity index (χ2n) is 9.13. The number of hydrogen-bond donors (Lipinski definition) is 0. The number of fused-ring (bicyclic) bond motifs is 2. The number of ether oxygens (including phenoxy) is 5. The fourth-order valence-corrected chi connectivity index (χ4v) is 6.44. The van der Waals surface area contributed by atoms with Gasteiger partial charge in [-0.3, -0.25) is 4.31 Å². The third kappa shape index (κ3) is 5.67. The van der Waals surface area contributed by atoms with Gasteiger partial charge in [0.2, 0.25) is 6.79 Å². The van der Waals surface area contributed by atoms with Crippen molar-refractivity contribution in [2.45, 2.75) is 23.6 Å². The zero-order valence-corrected chi connectivity index (χ0v) is 24.4. The minimum atomic E-state index is -6.43. The van der Waals surface area contributed by atoms with Gasteiger partial charge in [-0.15, -0.1) is 0 Å². The molecule has 0 amide bonds. The van der Waals surface area contributed by atoms with Gasteiger partial charge in [0.25, 0.3) is 10.0 Å². The van der Waals surface area contributed by atoms with Gasteiger partial charge in [-0.2, -0.15) is 21.6 Å². The third-order valence-corrected chi connectivity index (χ3v) is 9.14.